The molecular weight excluding hydrogens is 382 g/mol. The molecule has 0 spiro atoms. The Morgan fingerprint density at radius 2 is 1.87 bits per heavy atom. The lowest BCUT2D eigenvalue weighted by molar-refractivity contribution is 0.0944. The van der Waals surface area contributed by atoms with Crippen molar-refractivity contribution < 1.29 is 13.9 Å². The lowest BCUT2D eigenvalue weighted by Gasteiger charge is -2.36. The Balaban J connectivity index is 1.23. The molecule has 162 valence electrons. The minimum atomic E-state index is -0.162. The van der Waals surface area contributed by atoms with Crippen molar-refractivity contribution in [2.45, 2.75) is 19.4 Å². The molecule has 2 aliphatic heterocycles. The largest absolute Gasteiger partial charge is 0.495 e. The van der Waals surface area contributed by atoms with Crippen molar-refractivity contribution in [2.75, 3.05) is 64.4 Å². The van der Waals surface area contributed by atoms with Crippen molar-refractivity contribution in [3.8, 4) is 5.75 Å². The maximum absolute atomic E-state index is 12.3. The Labute approximate surface area is 177 Å². The molecule has 0 atom stereocenters. The lowest BCUT2D eigenvalue weighted by Crippen LogP contribution is -2.46. The Hall–Kier alpha value is -2.58. The summed E-state index contributed by atoms with van der Waals surface area (Å²) in [7, 11) is 1.71. The minimum Gasteiger partial charge on any atom is -0.495 e. The summed E-state index contributed by atoms with van der Waals surface area (Å²) in [5.41, 5.74) is 1.49. The van der Waals surface area contributed by atoms with Crippen LogP contribution in [0.5, 0.6) is 5.75 Å². The molecule has 0 saturated carbocycles. The lowest BCUT2D eigenvalue weighted by atomic mass is 10.2. The zero-order valence-electron chi connectivity index (χ0n) is 17.7. The van der Waals surface area contributed by atoms with Gasteiger partial charge >= 0.3 is 0 Å². The van der Waals surface area contributed by atoms with Crippen LogP contribution in [0.15, 0.2) is 34.9 Å². The van der Waals surface area contributed by atoms with Gasteiger partial charge in [0.05, 0.1) is 19.3 Å². The molecule has 2 fully saturated rings. The average Bonchev–Trinajstić information content (AvgIpc) is 3.46. The molecule has 8 heteroatoms. The number of carbonyl (C=O) groups excluding carboxylic acids is 1. The van der Waals surface area contributed by atoms with Crippen molar-refractivity contribution in [3.63, 3.8) is 0 Å². The van der Waals surface area contributed by atoms with Crippen LogP contribution in [-0.4, -0.2) is 80.2 Å². The second-order valence-corrected chi connectivity index (χ2v) is 7.87. The van der Waals surface area contributed by atoms with Gasteiger partial charge in [0.25, 0.3) is 5.91 Å². The van der Waals surface area contributed by atoms with Crippen LogP contribution in [0.2, 0.25) is 0 Å². The topological polar surface area (TPSA) is 74.1 Å². The number of anilines is 1. The molecular formula is C22H31N5O3. The van der Waals surface area contributed by atoms with Crippen molar-refractivity contribution in [1.29, 1.82) is 0 Å². The summed E-state index contributed by atoms with van der Waals surface area (Å²) >= 11 is 0. The number of oxazole rings is 1. The predicted molar refractivity (Wildman–Crippen MR) is 115 cm³/mol. The summed E-state index contributed by atoms with van der Waals surface area (Å²) in [5, 5.41) is 2.94. The first kappa shape index (κ1) is 20.7. The maximum atomic E-state index is 12.3. The first-order valence-electron chi connectivity index (χ1n) is 10.8. The monoisotopic (exact) mass is 413 g/mol. The molecule has 2 aliphatic rings. The van der Waals surface area contributed by atoms with E-state index in [0.717, 1.165) is 57.3 Å². The minimum absolute atomic E-state index is 0.162. The van der Waals surface area contributed by atoms with Gasteiger partial charge in [-0.05, 0) is 38.1 Å². The number of carbonyl (C=O) groups is 1. The number of piperazine rings is 1. The second-order valence-electron chi connectivity index (χ2n) is 7.87. The van der Waals surface area contributed by atoms with Gasteiger partial charge in [-0.3, -0.25) is 9.69 Å². The first-order valence-corrected chi connectivity index (χ1v) is 10.8. The molecule has 1 aromatic heterocycles. The summed E-state index contributed by atoms with van der Waals surface area (Å²) < 4.78 is 11.0. The quantitative estimate of drug-likeness (QED) is 0.708. The van der Waals surface area contributed by atoms with Gasteiger partial charge in [-0.25, -0.2) is 4.98 Å². The van der Waals surface area contributed by atoms with Crippen LogP contribution in [0.3, 0.4) is 0 Å². The Bertz CT molecular complexity index is 826. The molecule has 0 bridgehead atoms. The Kier molecular flexibility index (Phi) is 6.86. The van der Waals surface area contributed by atoms with E-state index in [0.29, 0.717) is 24.7 Å². The molecule has 30 heavy (non-hydrogen) atoms. The fraction of sp³-hybridized carbons (Fsp3) is 0.545. The highest BCUT2D eigenvalue weighted by Crippen LogP contribution is 2.28. The summed E-state index contributed by atoms with van der Waals surface area (Å²) in [4.78, 5) is 23.7. The van der Waals surface area contributed by atoms with Gasteiger partial charge in [-0.15, -0.1) is 0 Å². The molecule has 1 amide bonds. The Morgan fingerprint density at radius 3 is 2.63 bits per heavy atom. The van der Waals surface area contributed by atoms with Crippen LogP contribution in [0.1, 0.15) is 29.2 Å². The molecule has 8 nitrogen and oxygen atoms in total. The summed E-state index contributed by atoms with van der Waals surface area (Å²) in [6, 6.07) is 8.11. The van der Waals surface area contributed by atoms with Crippen molar-refractivity contribution in [1.82, 2.24) is 20.1 Å². The number of ether oxygens (including phenoxy) is 1. The third-order valence-corrected chi connectivity index (χ3v) is 5.85. The third-order valence-electron chi connectivity index (χ3n) is 5.85. The number of amides is 1. The van der Waals surface area contributed by atoms with Crippen molar-refractivity contribution in [2.24, 2.45) is 0 Å². The first-order chi connectivity index (χ1) is 14.7. The molecule has 3 heterocycles. The standard InChI is InChI=1S/C22H31N5O3/c1-29-20-7-3-2-6-19(20)27-14-12-26(13-15-27)16-21-24-18(17-30-21)22(28)23-8-11-25-9-4-5-10-25/h2-3,6-7,17H,4-5,8-16H2,1H3,(H,23,28). The zero-order chi connectivity index (χ0) is 20.8. The average molecular weight is 414 g/mol. The smallest absolute Gasteiger partial charge is 0.273 e. The third kappa shape index (κ3) is 5.12. The molecule has 4 rings (SSSR count). The van der Waals surface area contributed by atoms with E-state index in [4.69, 9.17) is 9.15 Å². The van der Waals surface area contributed by atoms with Gasteiger partial charge < -0.3 is 24.3 Å². The predicted octanol–water partition coefficient (Wildman–Crippen LogP) is 1.83. The van der Waals surface area contributed by atoms with Crippen LogP contribution < -0.4 is 15.0 Å². The van der Waals surface area contributed by atoms with E-state index in [9.17, 15) is 4.79 Å². The second kappa shape index (κ2) is 9.95. The molecule has 2 aromatic rings. The highest BCUT2D eigenvalue weighted by molar-refractivity contribution is 5.91. The van der Waals surface area contributed by atoms with Gasteiger partial charge in [0.2, 0.25) is 5.89 Å². The van der Waals surface area contributed by atoms with Crippen molar-refractivity contribution >= 4 is 11.6 Å². The number of likely N-dealkylation sites (tertiary alicyclic amines) is 1. The van der Waals surface area contributed by atoms with Crippen LogP contribution in [0.4, 0.5) is 5.69 Å². The van der Waals surface area contributed by atoms with E-state index < -0.39 is 0 Å². The number of aromatic nitrogens is 1. The fourth-order valence-corrected chi connectivity index (χ4v) is 4.14. The fourth-order valence-electron chi connectivity index (χ4n) is 4.14. The number of hydrogen-bond donors (Lipinski definition) is 1. The molecule has 0 aliphatic carbocycles. The Morgan fingerprint density at radius 1 is 1.10 bits per heavy atom. The molecule has 1 N–H and O–H groups in total. The SMILES string of the molecule is COc1ccccc1N1CCN(Cc2nc(C(=O)NCCN3CCCC3)co2)CC1. The molecule has 0 unspecified atom stereocenters. The highest BCUT2D eigenvalue weighted by atomic mass is 16.5. The van der Waals surface area contributed by atoms with Crippen LogP contribution in [-0.2, 0) is 6.54 Å². The zero-order valence-corrected chi connectivity index (χ0v) is 17.7. The van der Waals surface area contributed by atoms with E-state index in [1.807, 2.05) is 18.2 Å². The number of methoxy groups -OCH3 is 1. The van der Waals surface area contributed by atoms with Gasteiger partial charge in [0, 0.05) is 39.3 Å². The van der Waals surface area contributed by atoms with Crippen molar-refractivity contribution in [3.05, 3.63) is 42.1 Å². The number of hydrogen-bond acceptors (Lipinski definition) is 7. The molecule has 2 saturated heterocycles. The van der Waals surface area contributed by atoms with E-state index in [1.54, 1.807) is 7.11 Å². The summed E-state index contributed by atoms with van der Waals surface area (Å²) in [6.45, 7) is 8.04. The van der Waals surface area contributed by atoms with Crippen LogP contribution in [0, 0.1) is 0 Å². The van der Waals surface area contributed by atoms with E-state index in [1.165, 1.54) is 19.1 Å². The van der Waals surface area contributed by atoms with Gasteiger partial charge in [-0.1, -0.05) is 12.1 Å². The maximum Gasteiger partial charge on any atom is 0.273 e. The summed E-state index contributed by atoms with van der Waals surface area (Å²) in [5.74, 6) is 1.33. The molecule has 0 radical (unpaired) electrons. The number of nitrogens with one attached hydrogen (secondary N) is 1. The van der Waals surface area contributed by atoms with E-state index >= 15 is 0 Å². The summed E-state index contributed by atoms with van der Waals surface area (Å²) in [6.07, 6.45) is 3.98. The van der Waals surface area contributed by atoms with Gasteiger partial charge in [0.1, 0.15) is 12.0 Å². The van der Waals surface area contributed by atoms with E-state index in [-0.39, 0.29) is 5.91 Å². The number of para-hydroxylation sites is 2. The number of benzene rings is 1. The van der Waals surface area contributed by atoms with Crippen LogP contribution in [0.25, 0.3) is 0 Å². The highest BCUT2D eigenvalue weighted by Gasteiger charge is 2.21. The molecule has 1 aromatic carbocycles. The normalized spacial score (nSPS) is 18.0. The van der Waals surface area contributed by atoms with Gasteiger partial charge in [0.15, 0.2) is 5.69 Å². The number of rotatable bonds is 8. The van der Waals surface area contributed by atoms with E-state index in [2.05, 4.69) is 31.1 Å². The van der Waals surface area contributed by atoms with Crippen LogP contribution >= 0.6 is 0 Å². The van der Waals surface area contributed by atoms with Gasteiger partial charge in [-0.2, -0.15) is 0 Å². The number of nitrogens with zero attached hydrogens (tertiary/aromatic N) is 4.